The summed E-state index contributed by atoms with van der Waals surface area (Å²) in [5, 5.41) is 4.16. The van der Waals surface area contributed by atoms with Gasteiger partial charge in [-0.2, -0.15) is 0 Å². The van der Waals surface area contributed by atoms with Gasteiger partial charge in [-0.05, 0) is 51.1 Å². The highest BCUT2D eigenvalue weighted by Crippen LogP contribution is 2.33. The van der Waals surface area contributed by atoms with Crippen LogP contribution in [0.2, 0.25) is 0 Å². The van der Waals surface area contributed by atoms with Crippen molar-refractivity contribution in [2.75, 3.05) is 51.8 Å². The lowest BCUT2D eigenvalue weighted by Crippen LogP contribution is -2.42. The number of nitrogens with zero attached hydrogens (tertiary/aromatic N) is 3. The minimum absolute atomic E-state index is 0.117. The minimum atomic E-state index is 0.117. The number of thiazole rings is 1. The maximum atomic E-state index is 12.5. The zero-order valence-corrected chi connectivity index (χ0v) is 18.1. The van der Waals surface area contributed by atoms with Gasteiger partial charge in [-0.1, -0.05) is 24.7 Å². The van der Waals surface area contributed by atoms with Gasteiger partial charge in [-0.15, -0.1) is 0 Å². The van der Waals surface area contributed by atoms with Crippen molar-refractivity contribution in [3.05, 3.63) is 18.2 Å². The van der Waals surface area contributed by atoms with Crippen LogP contribution in [0.15, 0.2) is 18.2 Å². The van der Waals surface area contributed by atoms with Gasteiger partial charge in [0, 0.05) is 32.1 Å². The van der Waals surface area contributed by atoms with Crippen LogP contribution in [0, 0.1) is 5.92 Å². The first-order valence-electron chi connectivity index (χ1n) is 10.3. The van der Waals surface area contributed by atoms with Crippen molar-refractivity contribution in [3.63, 3.8) is 0 Å². The van der Waals surface area contributed by atoms with Crippen LogP contribution in [0.3, 0.4) is 0 Å². The second kappa shape index (κ2) is 10.1. The van der Waals surface area contributed by atoms with Crippen molar-refractivity contribution in [2.24, 2.45) is 5.92 Å². The molecule has 1 fully saturated rings. The molecule has 6 nitrogen and oxygen atoms in total. The molecule has 0 spiro atoms. The molecule has 2 heterocycles. The largest absolute Gasteiger partial charge is 0.497 e. The van der Waals surface area contributed by atoms with E-state index in [0.29, 0.717) is 0 Å². The first-order chi connectivity index (χ1) is 13.6. The number of amides is 1. The van der Waals surface area contributed by atoms with Crippen LogP contribution < -0.4 is 15.0 Å². The summed E-state index contributed by atoms with van der Waals surface area (Å²) >= 11 is 1.70. The predicted octanol–water partition coefficient (Wildman–Crippen LogP) is 3.37. The molecule has 7 heteroatoms. The zero-order valence-electron chi connectivity index (χ0n) is 17.2. The van der Waals surface area contributed by atoms with Crippen LogP contribution in [0.1, 0.15) is 32.6 Å². The van der Waals surface area contributed by atoms with Gasteiger partial charge in [0.25, 0.3) is 0 Å². The van der Waals surface area contributed by atoms with Gasteiger partial charge in [0.05, 0.1) is 17.3 Å². The van der Waals surface area contributed by atoms with E-state index < -0.39 is 0 Å². The summed E-state index contributed by atoms with van der Waals surface area (Å²) in [6.45, 7) is 6.71. The number of likely N-dealkylation sites (N-methyl/N-ethyl adjacent to an activating group) is 1. The van der Waals surface area contributed by atoms with E-state index in [2.05, 4.69) is 29.1 Å². The van der Waals surface area contributed by atoms with Crippen molar-refractivity contribution < 1.29 is 9.53 Å². The maximum Gasteiger partial charge on any atom is 0.223 e. The van der Waals surface area contributed by atoms with E-state index in [1.165, 1.54) is 12.8 Å². The topological polar surface area (TPSA) is 57.7 Å². The summed E-state index contributed by atoms with van der Waals surface area (Å²) in [6, 6.07) is 5.99. The molecule has 0 atom stereocenters. The highest BCUT2D eigenvalue weighted by Gasteiger charge is 2.26. The summed E-state index contributed by atoms with van der Waals surface area (Å²) in [5.41, 5.74) is 1.01. The van der Waals surface area contributed by atoms with E-state index in [1.54, 1.807) is 18.4 Å². The van der Waals surface area contributed by atoms with E-state index in [9.17, 15) is 4.79 Å². The fourth-order valence-electron chi connectivity index (χ4n) is 3.54. The Hall–Kier alpha value is -1.86. The third kappa shape index (κ3) is 5.35. The Morgan fingerprint density at radius 1 is 1.36 bits per heavy atom. The number of methoxy groups -OCH3 is 1. The molecule has 3 rings (SSSR count). The number of anilines is 1. The molecular weight excluding hydrogens is 372 g/mol. The SMILES string of the molecule is CCCCN(C)CCNC(=O)C1CCN(c2nc3ccc(OC)cc3s2)CC1. The number of aromatic nitrogens is 1. The number of piperidine rings is 1. The first-order valence-corrected chi connectivity index (χ1v) is 11.1. The Balaban J connectivity index is 1.45. The molecule has 2 aromatic rings. The molecule has 1 aromatic heterocycles. The van der Waals surface area contributed by atoms with Crippen LogP contribution in [-0.2, 0) is 4.79 Å². The molecule has 1 amide bonds. The molecule has 1 N–H and O–H groups in total. The molecule has 0 radical (unpaired) electrons. The van der Waals surface area contributed by atoms with Crippen LogP contribution >= 0.6 is 11.3 Å². The Morgan fingerprint density at radius 2 is 2.14 bits per heavy atom. The van der Waals surface area contributed by atoms with E-state index in [0.717, 1.165) is 66.7 Å². The molecule has 0 saturated carbocycles. The quantitative estimate of drug-likeness (QED) is 0.694. The number of hydrogen-bond donors (Lipinski definition) is 1. The van der Waals surface area contributed by atoms with Gasteiger partial charge >= 0.3 is 0 Å². The van der Waals surface area contributed by atoms with Crippen molar-refractivity contribution in [3.8, 4) is 5.75 Å². The predicted molar refractivity (Wildman–Crippen MR) is 117 cm³/mol. The molecule has 1 aliphatic rings. The average molecular weight is 405 g/mol. The minimum Gasteiger partial charge on any atom is -0.497 e. The Kier molecular flexibility index (Phi) is 7.50. The van der Waals surface area contributed by atoms with Crippen molar-refractivity contribution >= 4 is 32.6 Å². The lowest BCUT2D eigenvalue weighted by molar-refractivity contribution is -0.125. The third-order valence-electron chi connectivity index (χ3n) is 5.41. The van der Waals surface area contributed by atoms with Crippen molar-refractivity contribution in [1.82, 2.24) is 15.2 Å². The fourth-order valence-corrected chi connectivity index (χ4v) is 4.59. The van der Waals surface area contributed by atoms with E-state index in [-0.39, 0.29) is 11.8 Å². The average Bonchev–Trinajstić information content (AvgIpc) is 3.15. The van der Waals surface area contributed by atoms with Crippen molar-refractivity contribution in [1.29, 1.82) is 0 Å². The number of fused-ring (bicyclic) bond motifs is 1. The Labute approximate surface area is 171 Å². The number of hydrogen-bond acceptors (Lipinski definition) is 6. The molecule has 1 aliphatic heterocycles. The van der Waals surface area contributed by atoms with Gasteiger partial charge in [-0.25, -0.2) is 4.98 Å². The lowest BCUT2D eigenvalue weighted by Gasteiger charge is -2.31. The van der Waals surface area contributed by atoms with E-state index in [4.69, 9.17) is 9.72 Å². The standard InChI is InChI=1S/C21H32N4O2S/c1-4-5-11-24(2)14-10-22-20(26)16-8-12-25(13-9-16)21-23-18-7-6-17(27-3)15-19(18)28-21/h6-7,15-16H,4-5,8-14H2,1-3H3,(H,22,26). The number of rotatable bonds is 9. The molecule has 0 bridgehead atoms. The summed E-state index contributed by atoms with van der Waals surface area (Å²) in [5.74, 6) is 1.18. The summed E-state index contributed by atoms with van der Waals surface area (Å²) in [6.07, 6.45) is 4.19. The number of nitrogens with one attached hydrogen (secondary N) is 1. The molecule has 1 saturated heterocycles. The van der Waals surface area contributed by atoms with Crippen LogP contribution in [0.5, 0.6) is 5.75 Å². The summed E-state index contributed by atoms with van der Waals surface area (Å²) in [7, 11) is 3.80. The second-order valence-electron chi connectivity index (χ2n) is 7.54. The highest BCUT2D eigenvalue weighted by atomic mass is 32.1. The number of benzene rings is 1. The van der Waals surface area contributed by atoms with Crippen LogP contribution in [0.4, 0.5) is 5.13 Å². The molecule has 0 unspecified atom stereocenters. The monoisotopic (exact) mass is 404 g/mol. The van der Waals surface area contributed by atoms with Gasteiger partial charge in [0.1, 0.15) is 5.75 Å². The molecule has 28 heavy (non-hydrogen) atoms. The van der Waals surface area contributed by atoms with E-state index >= 15 is 0 Å². The molecule has 154 valence electrons. The van der Waals surface area contributed by atoms with Crippen molar-refractivity contribution in [2.45, 2.75) is 32.6 Å². The lowest BCUT2D eigenvalue weighted by atomic mass is 9.96. The molecule has 1 aromatic carbocycles. The number of ether oxygens (including phenoxy) is 1. The third-order valence-corrected chi connectivity index (χ3v) is 6.49. The normalized spacial score (nSPS) is 15.4. The highest BCUT2D eigenvalue weighted by molar-refractivity contribution is 7.22. The van der Waals surface area contributed by atoms with Crippen LogP contribution in [0.25, 0.3) is 10.2 Å². The molecule has 0 aliphatic carbocycles. The summed E-state index contributed by atoms with van der Waals surface area (Å²) in [4.78, 5) is 21.8. The van der Waals surface area contributed by atoms with Gasteiger partial charge in [0.2, 0.25) is 5.91 Å². The number of carbonyl (C=O) groups is 1. The van der Waals surface area contributed by atoms with Gasteiger partial charge in [0.15, 0.2) is 5.13 Å². The maximum absolute atomic E-state index is 12.5. The molecular formula is C21H32N4O2S. The fraction of sp³-hybridized carbons (Fsp3) is 0.619. The number of unbranched alkanes of at least 4 members (excludes halogenated alkanes) is 1. The van der Waals surface area contributed by atoms with Gasteiger partial charge in [-0.3, -0.25) is 4.79 Å². The summed E-state index contributed by atoms with van der Waals surface area (Å²) < 4.78 is 6.44. The first kappa shape index (κ1) is 20.9. The van der Waals surface area contributed by atoms with Gasteiger partial charge < -0.3 is 19.9 Å². The second-order valence-corrected chi connectivity index (χ2v) is 8.55. The Bertz CT molecular complexity index is 771. The zero-order chi connectivity index (χ0) is 19.9. The Morgan fingerprint density at radius 3 is 2.86 bits per heavy atom. The van der Waals surface area contributed by atoms with Crippen LogP contribution in [-0.4, -0.2) is 62.7 Å². The smallest absolute Gasteiger partial charge is 0.223 e. The number of carbonyl (C=O) groups excluding carboxylic acids is 1. The van der Waals surface area contributed by atoms with E-state index in [1.807, 2.05) is 18.2 Å².